The van der Waals surface area contributed by atoms with Gasteiger partial charge in [-0.25, -0.2) is 4.98 Å². The molecule has 8 bridgehead atoms. The lowest BCUT2D eigenvalue weighted by Crippen LogP contribution is -2.36. The number of aromatic nitrogens is 3. The number of nitrogens with zero attached hydrogens (tertiary/aromatic N) is 5. The standard InChI is InChI=1S/C29H36N6O2S/c36-14-15-38-33-23-5-6-24-25(17-23)34-12-8-29(9-13-34)18-22(29)4-3-20-2-1-11-35(19-20)26-16-21(7-10-30-26)27-31-32-28(24)37-27/h5-7,10,16-17,20,22,33,36H,1-4,8-9,11-15,18-19H2. The van der Waals surface area contributed by atoms with Gasteiger partial charge in [0.25, 0.3) is 0 Å². The van der Waals surface area contributed by atoms with Crippen molar-refractivity contribution in [1.29, 1.82) is 0 Å². The number of nitrogens with one attached hydrogen (secondary N) is 1. The molecule has 3 aromatic rings. The van der Waals surface area contributed by atoms with Crippen LogP contribution in [0.5, 0.6) is 0 Å². The first-order valence-electron chi connectivity index (χ1n) is 14.1. The van der Waals surface area contributed by atoms with Crippen molar-refractivity contribution >= 4 is 29.1 Å². The molecule has 5 aliphatic rings. The number of hydrogen-bond acceptors (Lipinski definition) is 9. The van der Waals surface area contributed by atoms with Gasteiger partial charge in [-0.3, -0.25) is 0 Å². The summed E-state index contributed by atoms with van der Waals surface area (Å²) in [4.78, 5) is 9.68. The fourth-order valence-electron chi connectivity index (χ4n) is 6.98. The zero-order valence-corrected chi connectivity index (χ0v) is 22.6. The van der Waals surface area contributed by atoms with Crippen molar-refractivity contribution in [1.82, 2.24) is 15.2 Å². The van der Waals surface area contributed by atoms with Gasteiger partial charge in [-0.15, -0.1) is 10.2 Å². The minimum Gasteiger partial charge on any atom is -0.416 e. The number of anilines is 3. The number of piperidine rings is 2. The highest BCUT2D eigenvalue weighted by molar-refractivity contribution is 8.00. The number of rotatable bonds is 4. The molecule has 8 nitrogen and oxygen atoms in total. The van der Waals surface area contributed by atoms with E-state index in [1.165, 1.54) is 56.9 Å². The minimum atomic E-state index is 0.151. The van der Waals surface area contributed by atoms with Crippen molar-refractivity contribution < 1.29 is 9.52 Å². The summed E-state index contributed by atoms with van der Waals surface area (Å²) >= 11 is 1.52. The Bertz CT molecular complexity index is 1290. The van der Waals surface area contributed by atoms with Gasteiger partial charge in [0.2, 0.25) is 11.8 Å². The fourth-order valence-corrected chi connectivity index (χ4v) is 7.47. The van der Waals surface area contributed by atoms with E-state index in [0.717, 1.165) is 66.3 Å². The molecule has 4 aliphatic heterocycles. The lowest BCUT2D eigenvalue weighted by Gasteiger charge is -2.36. The minimum absolute atomic E-state index is 0.151. The molecule has 8 rings (SSSR count). The number of pyridine rings is 1. The predicted octanol–water partition coefficient (Wildman–Crippen LogP) is 5.47. The van der Waals surface area contributed by atoms with Crippen LogP contribution in [0.2, 0.25) is 0 Å². The molecule has 9 heteroatoms. The van der Waals surface area contributed by atoms with E-state index in [0.29, 0.717) is 22.9 Å². The highest BCUT2D eigenvalue weighted by Crippen LogP contribution is 2.62. The summed E-state index contributed by atoms with van der Waals surface area (Å²) in [7, 11) is 0. The smallest absolute Gasteiger partial charge is 0.250 e. The fraction of sp³-hybridized carbons (Fsp3) is 0.552. The van der Waals surface area contributed by atoms with E-state index in [1.807, 2.05) is 12.3 Å². The Kier molecular flexibility index (Phi) is 6.44. The summed E-state index contributed by atoms with van der Waals surface area (Å²) in [5.41, 5.74) is 4.60. The summed E-state index contributed by atoms with van der Waals surface area (Å²) < 4.78 is 9.69. The molecule has 3 fully saturated rings. The summed E-state index contributed by atoms with van der Waals surface area (Å²) in [5.74, 6) is 4.38. The van der Waals surface area contributed by atoms with Crippen LogP contribution in [0.4, 0.5) is 17.2 Å². The van der Waals surface area contributed by atoms with Gasteiger partial charge in [0.05, 0.1) is 17.9 Å². The van der Waals surface area contributed by atoms with E-state index in [-0.39, 0.29) is 6.61 Å². The van der Waals surface area contributed by atoms with Gasteiger partial charge in [-0.1, -0.05) is 11.9 Å². The average molecular weight is 533 g/mol. The first-order chi connectivity index (χ1) is 18.7. The molecule has 0 radical (unpaired) electrons. The second-order valence-electron chi connectivity index (χ2n) is 11.5. The summed E-state index contributed by atoms with van der Waals surface area (Å²) in [6.07, 6.45) is 11.1. The maximum atomic E-state index is 9.19. The molecule has 38 heavy (non-hydrogen) atoms. The van der Waals surface area contributed by atoms with Gasteiger partial charge in [0.15, 0.2) is 0 Å². The van der Waals surface area contributed by atoms with Crippen LogP contribution in [0.1, 0.15) is 44.9 Å². The van der Waals surface area contributed by atoms with Crippen LogP contribution in [0, 0.1) is 17.3 Å². The van der Waals surface area contributed by atoms with E-state index in [4.69, 9.17) is 9.40 Å². The number of benzene rings is 1. The third kappa shape index (κ3) is 4.64. The van der Waals surface area contributed by atoms with Gasteiger partial charge in [0, 0.05) is 49.4 Å². The van der Waals surface area contributed by atoms with Crippen molar-refractivity contribution in [3.05, 3.63) is 36.5 Å². The highest BCUT2D eigenvalue weighted by atomic mass is 32.2. The number of aliphatic hydroxyl groups excluding tert-OH is 1. The molecular formula is C29H36N6O2S. The number of aliphatic hydroxyl groups is 1. The van der Waals surface area contributed by atoms with Gasteiger partial charge >= 0.3 is 0 Å². The van der Waals surface area contributed by atoms with E-state index >= 15 is 0 Å². The molecular weight excluding hydrogens is 496 g/mol. The molecule has 1 saturated carbocycles. The molecule has 2 unspecified atom stereocenters. The Labute approximate surface area is 228 Å². The summed E-state index contributed by atoms with van der Waals surface area (Å²) in [6, 6.07) is 10.4. The van der Waals surface area contributed by atoms with Crippen molar-refractivity contribution in [2.45, 2.75) is 44.9 Å². The van der Waals surface area contributed by atoms with Crippen LogP contribution in [0.15, 0.2) is 40.9 Å². The molecule has 2 atom stereocenters. The molecule has 2 saturated heterocycles. The third-order valence-electron chi connectivity index (χ3n) is 9.25. The maximum absolute atomic E-state index is 9.19. The molecule has 1 aliphatic carbocycles. The van der Waals surface area contributed by atoms with Gasteiger partial charge < -0.3 is 24.0 Å². The quantitative estimate of drug-likeness (QED) is 0.335. The monoisotopic (exact) mass is 532 g/mol. The van der Waals surface area contributed by atoms with Crippen molar-refractivity contribution in [3.8, 4) is 22.9 Å². The van der Waals surface area contributed by atoms with E-state index in [1.54, 1.807) is 0 Å². The number of fused-ring (bicyclic) bond motifs is 3. The summed E-state index contributed by atoms with van der Waals surface area (Å²) in [6.45, 7) is 4.42. The Hall–Kier alpha value is -2.78. The second kappa shape index (κ2) is 10.1. The van der Waals surface area contributed by atoms with Crippen molar-refractivity contribution in [3.63, 3.8) is 0 Å². The Morgan fingerprint density at radius 3 is 2.82 bits per heavy atom. The maximum Gasteiger partial charge on any atom is 0.250 e. The van der Waals surface area contributed by atoms with Crippen molar-refractivity contribution in [2.75, 3.05) is 53.1 Å². The van der Waals surface area contributed by atoms with E-state index in [2.05, 4.69) is 49.0 Å². The zero-order valence-electron chi connectivity index (χ0n) is 21.8. The molecule has 1 aromatic carbocycles. The van der Waals surface area contributed by atoms with E-state index in [9.17, 15) is 5.11 Å². The molecule has 200 valence electrons. The van der Waals surface area contributed by atoms with Crippen LogP contribution in [-0.2, 0) is 0 Å². The first kappa shape index (κ1) is 24.3. The van der Waals surface area contributed by atoms with Gasteiger partial charge in [-0.05, 0) is 92.5 Å². The normalized spacial score (nSPS) is 26.2. The van der Waals surface area contributed by atoms with Crippen LogP contribution in [0.25, 0.3) is 22.9 Å². The van der Waals surface area contributed by atoms with Crippen LogP contribution >= 0.6 is 11.9 Å². The Morgan fingerprint density at radius 2 is 1.92 bits per heavy atom. The molecule has 0 amide bonds. The molecule has 6 heterocycles. The van der Waals surface area contributed by atoms with Crippen LogP contribution in [0.3, 0.4) is 0 Å². The van der Waals surface area contributed by atoms with Crippen LogP contribution < -0.4 is 14.5 Å². The predicted molar refractivity (Wildman–Crippen MR) is 152 cm³/mol. The summed E-state index contributed by atoms with van der Waals surface area (Å²) in [5, 5.41) is 18.2. The highest BCUT2D eigenvalue weighted by Gasteiger charge is 2.54. The van der Waals surface area contributed by atoms with Crippen molar-refractivity contribution in [2.24, 2.45) is 17.3 Å². The van der Waals surface area contributed by atoms with E-state index < -0.39 is 0 Å². The Balaban J connectivity index is 1.26. The van der Waals surface area contributed by atoms with Gasteiger partial charge in [-0.2, -0.15) is 0 Å². The molecule has 2 N–H and O–H groups in total. The largest absolute Gasteiger partial charge is 0.416 e. The molecule has 2 aromatic heterocycles. The second-order valence-corrected chi connectivity index (χ2v) is 12.4. The third-order valence-corrected chi connectivity index (χ3v) is 10.0. The topological polar surface area (TPSA) is 90.6 Å². The SMILES string of the molecule is OCCSNc1ccc2c(c1)N1CCC3(CC1)CC3CCC1CCCN(C1)c1cc(ccn1)-c1nnc-2o1. The van der Waals surface area contributed by atoms with Gasteiger partial charge in [0.1, 0.15) is 5.82 Å². The Morgan fingerprint density at radius 1 is 1.03 bits per heavy atom. The lowest BCUT2D eigenvalue weighted by molar-refractivity contribution is 0.316. The lowest BCUT2D eigenvalue weighted by atomic mass is 9.86. The number of hydrogen-bond donors (Lipinski definition) is 2. The van der Waals surface area contributed by atoms with Crippen LogP contribution in [-0.4, -0.2) is 58.8 Å². The first-order valence-corrected chi connectivity index (χ1v) is 15.1. The zero-order chi connectivity index (χ0) is 25.5. The average Bonchev–Trinajstić information content (AvgIpc) is 3.38. The molecule has 1 spiro atoms.